The van der Waals surface area contributed by atoms with E-state index >= 15 is 0 Å². The molecule has 1 aromatic carbocycles. The molecule has 1 saturated heterocycles. The lowest BCUT2D eigenvalue weighted by molar-refractivity contribution is 0.328. The van der Waals surface area contributed by atoms with Gasteiger partial charge in [-0.3, -0.25) is 0 Å². The summed E-state index contributed by atoms with van der Waals surface area (Å²) in [5.74, 6) is 0. The molecule has 2 nitrogen and oxygen atoms in total. The average Bonchev–Trinajstić information content (AvgIpc) is 2.19. The van der Waals surface area contributed by atoms with Gasteiger partial charge in [0.25, 0.3) is 0 Å². The summed E-state index contributed by atoms with van der Waals surface area (Å²) in [6.07, 6.45) is 0. The van der Waals surface area contributed by atoms with Gasteiger partial charge in [-0.25, -0.2) is 9.24 Å². The van der Waals surface area contributed by atoms with E-state index in [4.69, 9.17) is 0 Å². The summed E-state index contributed by atoms with van der Waals surface area (Å²) in [6.45, 7) is 2.91. The second-order valence-corrected chi connectivity index (χ2v) is 4.20. The quantitative estimate of drug-likeness (QED) is 0.686. The van der Waals surface area contributed by atoms with Crippen LogP contribution in [0, 0.1) is 0 Å². The van der Waals surface area contributed by atoms with Crippen LogP contribution in [0.15, 0.2) is 30.3 Å². The number of rotatable bonds is 1. The maximum atomic E-state index is 4.58. The zero-order valence-corrected chi connectivity index (χ0v) is 8.94. The molecule has 0 spiro atoms. The number of hydrogen-bond donors (Lipinski definition) is 0. The maximum Gasteiger partial charge on any atom is 0.0632 e. The molecule has 0 amide bonds. The molecule has 0 saturated carbocycles. The minimum Gasteiger partial charge on any atom is -0.239 e. The Labute approximate surface area is 87.3 Å². The molecule has 13 heavy (non-hydrogen) atoms. The maximum absolute atomic E-state index is 4.58. The Morgan fingerprint density at radius 1 is 1.31 bits per heavy atom. The van der Waals surface area contributed by atoms with E-state index in [0.29, 0.717) is 6.04 Å². The number of benzene rings is 1. The first kappa shape index (κ1) is 9.19. The first-order chi connectivity index (χ1) is 6.36. The number of halogens is 1. The van der Waals surface area contributed by atoms with Crippen LogP contribution < -0.4 is 5.32 Å². The van der Waals surface area contributed by atoms with E-state index in [1.165, 1.54) is 5.56 Å². The van der Waals surface area contributed by atoms with Crippen LogP contribution >= 0.6 is 16.1 Å². The van der Waals surface area contributed by atoms with Crippen molar-refractivity contribution >= 4 is 16.1 Å². The highest BCUT2D eigenvalue weighted by molar-refractivity contribution is 9.07. The predicted molar refractivity (Wildman–Crippen MR) is 56.7 cm³/mol. The third-order valence-corrected chi connectivity index (χ3v) is 2.89. The van der Waals surface area contributed by atoms with E-state index in [2.05, 4.69) is 49.7 Å². The van der Waals surface area contributed by atoms with E-state index in [-0.39, 0.29) is 0 Å². The largest absolute Gasteiger partial charge is 0.239 e. The summed E-state index contributed by atoms with van der Waals surface area (Å²) in [5.41, 5.74) is 1.31. The summed E-state index contributed by atoms with van der Waals surface area (Å²) in [4.78, 5) is 0. The molecular formula is C10H12BrN2. The van der Waals surface area contributed by atoms with Crippen molar-refractivity contribution in [2.24, 2.45) is 0 Å². The van der Waals surface area contributed by atoms with Gasteiger partial charge >= 0.3 is 0 Å². The van der Waals surface area contributed by atoms with Crippen molar-refractivity contribution in [2.75, 3.05) is 19.6 Å². The highest BCUT2D eigenvalue weighted by Gasteiger charge is 2.19. The Kier molecular flexibility index (Phi) is 2.98. The van der Waals surface area contributed by atoms with Crippen LogP contribution in [-0.2, 0) is 0 Å². The first-order valence-corrected chi connectivity index (χ1v) is 5.19. The lowest BCUT2D eigenvalue weighted by Gasteiger charge is -2.27. The fraction of sp³-hybridized carbons (Fsp3) is 0.400. The van der Waals surface area contributed by atoms with Crippen molar-refractivity contribution in [3.05, 3.63) is 35.9 Å². The zero-order chi connectivity index (χ0) is 9.10. The molecule has 1 aromatic rings. The molecular weight excluding hydrogens is 228 g/mol. The van der Waals surface area contributed by atoms with Crippen molar-refractivity contribution < 1.29 is 0 Å². The van der Waals surface area contributed by atoms with Gasteiger partial charge in [0.1, 0.15) is 0 Å². The van der Waals surface area contributed by atoms with Crippen molar-refractivity contribution in [1.82, 2.24) is 9.24 Å². The van der Waals surface area contributed by atoms with Gasteiger partial charge in [0, 0.05) is 35.8 Å². The lowest BCUT2D eigenvalue weighted by atomic mass is 10.1. The molecule has 0 bridgehead atoms. The normalized spacial score (nSPS) is 24.5. The Morgan fingerprint density at radius 2 is 2.08 bits per heavy atom. The highest BCUT2D eigenvalue weighted by atomic mass is 79.9. The van der Waals surface area contributed by atoms with Crippen LogP contribution in [0.5, 0.6) is 0 Å². The molecule has 0 N–H and O–H groups in total. The van der Waals surface area contributed by atoms with Gasteiger partial charge in [-0.15, -0.1) is 0 Å². The second kappa shape index (κ2) is 4.22. The van der Waals surface area contributed by atoms with Gasteiger partial charge in [0.05, 0.1) is 6.04 Å². The zero-order valence-electron chi connectivity index (χ0n) is 7.36. The number of nitrogens with zero attached hydrogens (tertiary/aromatic N) is 2. The van der Waals surface area contributed by atoms with E-state index in [1.807, 2.05) is 6.07 Å². The van der Waals surface area contributed by atoms with Gasteiger partial charge < -0.3 is 0 Å². The number of piperazine rings is 1. The van der Waals surface area contributed by atoms with Crippen LogP contribution in [0.2, 0.25) is 0 Å². The average molecular weight is 240 g/mol. The predicted octanol–water partition coefficient (Wildman–Crippen LogP) is 1.96. The standard InChI is InChI=1S/C10H12BrN2/c11-13-7-6-12-10(8-13)9-4-2-1-3-5-9/h1-5,10H,6-8H2. The molecule has 1 radical (unpaired) electrons. The van der Waals surface area contributed by atoms with Crippen molar-refractivity contribution in [1.29, 1.82) is 0 Å². The fourth-order valence-electron chi connectivity index (χ4n) is 1.54. The highest BCUT2D eigenvalue weighted by Crippen LogP contribution is 2.19. The van der Waals surface area contributed by atoms with Gasteiger partial charge in [-0.1, -0.05) is 30.3 Å². The van der Waals surface area contributed by atoms with E-state index in [1.54, 1.807) is 0 Å². The summed E-state index contributed by atoms with van der Waals surface area (Å²) in [6, 6.07) is 10.8. The summed E-state index contributed by atoms with van der Waals surface area (Å²) >= 11 is 3.50. The Balaban J connectivity index is 2.08. The Morgan fingerprint density at radius 3 is 2.77 bits per heavy atom. The minimum atomic E-state index is 0.342. The van der Waals surface area contributed by atoms with Gasteiger partial charge in [-0.2, -0.15) is 0 Å². The molecule has 1 aliphatic heterocycles. The summed E-state index contributed by atoms with van der Waals surface area (Å²) in [5, 5.41) is 4.58. The Bertz CT molecular complexity index is 263. The third-order valence-electron chi connectivity index (χ3n) is 2.25. The molecule has 1 fully saturated rings. The SMILES string of the molecule is BrN1CC[N]C(c2ccccc2)C1. The molecule has 69 valence electrons. The molecule has 0 aromatic heterocycles. The lowest BCUT2D eigenvalue weighted by Crippen LogP contribution is -2.36. The molecule has 2 rings (SSSR count). The topological polar surface area (TPSA) is 17.3 Å². The van der Waals surface area contributed by atoms with Crippen molar-refractivity contribution in [3.63, 3.8) is 0 Å². The summed E-state index contributed by atoms with van der Waals surface area (Å²) < 4.78 is 2.15. The van der Waals surface area contributed by atoms with Crippen molar-refractivity contribution in [3.8, 4) is 0 Å². The van der Waals surface area contributed by atoms with Gasteiger partial charge in [-0.05, 0) is 5.56 Å². The molecule has 1 unspecified atom stereocenters. The van der Waals surface area contributed by atoms with Crippen LogP contribution in [0.1, 0.15) is 11.6 Å². The van der Waals surface area contributed by atoms with Gasteiger partial charge in [0.15, 0.2) is 0 Å². The van der Waals surface area contributed by atoms with E-state index in [9.17, 15) is 0 Å². The molecule has 0 aliphatic carbocycles. The van der Waals surface area contributed by atoms with Gasteiger partial charge in [0.2, 0.25) is 0 Å². The second-order valence-electron chi connectivity index (χ2n) is 3.20. The smallest absolute Gasteiger partial charge is 0.0632 e. The fourth-order valence-corrected chi connectivity index (χ4v) is 1.98. The van der Waals surface area contributed by atoms with Crippen LogP contribution in [0.25, 0.3) is 0 Å². The first-order valence-electron chi connectivity index (χ1n) is 4.48. The molecule has 1 heterocycles. The van der Waals surface area contributed by atoms with Crippen LogP contribution in [0.4, 0.5) is 0 Å². The summed E-state index contributed by atoms with van der Waals surface area (Å²) in [7, 11) is 0. The number of hydrogen-bond acceptors (Lipinski definition) is 1. The van der Waals surface area contributed by atoms with Crippen molar-refractivity contribution in [2.45, 2.75) is 6.04 Å². The van der Waals surface area contributed by atoms with Crippen LogP contribution in [-0.4, -0.2) is 23.6 Å². The molecule has 3 heteroatoms. The Hall–Kier alpha value is -0.380. The third kappa shape index (κ3) is 2.30. The van der Waals surface area contributed by atoms with Crippen LogP contribution in [0.3, 0.4) is 0 Å². The minimum absolute atomic E-state index is 0.342. The molecule has 1 aliphatic rings. The molecule has 1 atom stereocenters. The van der Waals surface area contributed by atoms with E-state index < -0.39 is 0 Å². The monoisotopic (exact) mass is 239 g/mol. The van der Waals surface area contributed by atoms with E-state index in [0.717, 1.165) is 19.6 Å².